The lowest BCUT2D eigenvalue weighted by molar-refractivity contribution is 0.0600. The molecule has 3 rings (SSSR count). The predicted molar refractivity (Wildman–Crippen MR) is 119 cm³/mol. The van der Waals surface area contributed by atoms with Crippen LogP contribution in [0.2, 0.25) is 0 Å². The Hall–Kier alpha value is -2.97. The number of nitrogens with one attached hydrogen (secondary N) is 2. The summed E-state index contributed by atoms with van der Waals surface area (Å²) in [4.78, 5) is 11.5. The van der Waals surface area contributed by atoms with E-state index in [1.54, 1.807) is 18.3 Å². The average molecular weight is 428 g/mol. The smallest absolute Gasteiger partial charge is 0.337 e. The Bertz CT molecular complexity index is 880. The van der Waals surface area contributed by atoms with Crippen molar-refractivity contribution in [3.05, 3.63) is 65.2 Å². The van der Waals surface area contributed by atoms with E-state index in [0.29, 0.717) is 29.6 Å². The number of carbonyl (C=O) groups is 1. The Morgan fingerprint density at radius 2 is 2.07 bits per heavy atom. The minimum Gasteiger partial charge on any atom is -0.488 e. The van der Waals surface area contributed by atoms with Crippen LogP contribution in [0.25, 0.3) is 0 Å². The number of hydrogen-bond acceptors (Lipinski definition) is 6. The molecule has 0 amide bonds. The van der Waals surface area contributed by atoms with Crippen LogP contribution in [-0.4, -0.2) is 43.7 Å². The first-order valence-corrected chi connectivity index (χ1v) is 10.1. The van der Waals surface area contributed by atoms with Crippen LogP contribution in [0.3, 0.4) is 0 Å². The van der Waals surface area contributed by atoms with Crippen LogP contribution >= 0.6 is 12.2 Å². The number of nitrogens with zero attached hydrogens (tertiary/aromatic N) is 1. The molecule has 2 N–H and O–H groups in total. The van der Waals surface area contributed by atoms with E-state index in [4.69, 9.17) is 26.4 Å². The summed E-state index contributed by atoms with van der Waals surface area (Å²) in [6.45, 7) is 1.85. The van der Waals surface area contributed by atoms with Gasteiger partial charge in [-0.2, -0.15) is 5.10 Å². The van der Waals surface area contributed by atoms with Crippen LogP contribution in [0.4, 0.5) is 0 Å². The molecule has 1 fully saturated rings. The molecule has 0 radical (unpaired) electrons. The van der Waals surface area contributed by atoms with Gasteiger partial charge in [0.05, 0.1) is 25.0 Å². The van der Waals surface area contributed by atoms with Gasteiger partial charge in [0.15, 0.2) is 5.11 Å². The summed E-state index contributed by atoms with van der Waals surface area (Å²) < 4.78 is 16.2. The molecular weight excluding hydrogens is 402 g/mol. The summed E-state index contributed by atoms with van der Waals surface area (Å²) in [7, 11) is 1.36. The van der Waals surface area contributed by atoms with E-state index >= 15 is 0 Å². The number of ether oxygens (including phenoxy) is 3. The quantitative estimate of drug-likeness (QED) is 0.290. The van der Waals surface area contributed by atoms with Crippen LogP contribution in [0, 0.1) is 0 Å². The fourth-order valence-corrected chi connectivity index (χ4v) is 3.08. The molecule has 30 heavy (non-hydrogen) atoms. The van der Waals surface area contributed by atoms with Gasteiger partial charge in [-0.1, -0.05) is 24.3 Å². The van der Waals surface area contributed by atoms with Crippen LogP contribution in [0.1, 0.15) is 34.3 Å². The number of hydrogen-bond donors (Lipinski definition) is 2. The van der Waals surface area contributed by atoms with Crippen LogP contribution < -0.4 is 15.5 Å². The molecule has 0 saturated carbocycles. The molecule has 158 valence electrons. The lowest BCUT2D eigenvalue weighted by Crippen LogP contribution is -2.37. The predicted octanol–water partition coefficient (Wildman–Crippen LogP) is 3.03. The molecule has 1 aliphatic rings. The van der Waals surface area contributed by atoms with E-state index in [-0.39, 0.29) is 12.1 Å². The second-order valence-corrected chi connectivity index (χ2v) is 7.14. The topological polar surface area (TPSA) is 81.2 Å². The van der Waals surface area contributed by atoms with Gasteiger partial charge in [-0.3, -0.25) is 5.43 Å². The normalized spacial score (nSPS) is 15.7. The highest BCUT2D eigenvalue weighted by atomic mass is 32.1. The Labute approximate surface area is 181 Å². The van der Waals surface area contributed by atoms with Crippen molar-refractivity contribution in [2.24, 2.45) is 5.10 Å². The molecule has 1 saturated heterocycles. The first-order chi connectivity index (χ1) is 14.7. The molecule has 1 aliphatic heterocycles. The lowest BCUT2D eigenvalue weighted by atomic mass is 10.1. The maximum absolute atomic E-state index is 11.5. The van der Waals surface area contributed by atoms with Gasteiger partial charge >= 0.3 is 5.97 Å². The fraction of sp³-hybridized carbons (Fsp3) is 0.318. The maximum atomic E-state index is 11.5. The summed E-state index contributed by atoms with van der Waals surface area (Å²) in [5, 5.41) is 7.75. The molecule has 0 bridgehead atoms. The van der Waals surface area contributed by atoms with Gasteiger partial charge in [0.2, 0.25) is 0 Å². The Balaban J connectivity index is 1.50. The van der Waals surface area contributed by atoms with Gasteiger partial charge in [-0.05, 0) is 54.9 Å². The monoisotopic (exact) mass is 427 g/mol. The van der Waals surface area contributed by atoms with E-state index in [1.807, 2.05) is 36.4 Å². The molecule has 2 aromatic carbocycles. The minimum atomic E-state index is -0.361. The van der Waals surface area contributed by atoms with Crippen molar-refractivity contribution in [1.82, 2.24) is 10.7 Å². The number of methoxy groups -OCH3 is 1. The molecule has 1 unspecified atom stereocenters. The largest absolute Gasteiger partial charge is 0.488 e. The van der Waals surface area contributed by atoms with Crippen LogP contribution in [0.5, 0.6) is 5.75 Å². The van der Waals surface area contributed by atoms with Gasteiger partial charge in [-0.25, -0.2) is 4.79 Å². The zero-order valence-corrected chi connectivity index (χ0v) is 17.6. The second kappa shape index (κ2) is 11.3. The molecular formula is C22H25N3O4S. The molecule has 2 aromatic rings. The minimum absolute atomic E-state index is 0.213. The highest BCUT2D eigenvalue weighted by molar-refractivity contribution is 7.80. The van der Waals surface area contributed by atoms with E-state index in [0.717, 1.165) is 30.6 Å². The van der Waals surface area contributed by atoms with Gasteiger partial charge in [0, 0.05) is 18.7 Å². The van der Waals surface area contributed by atoms with E-state index in [2.05, 4.69) is 15.8 Å². The number of benzene rings is 2. The Morgan fingerprint density at radius 1 is 1.27 bits per heavy atom. The molecule has 1 heterocycles. The lowest BCUT2D eigenvalue weighted by Gasteiger charge is -2.12. The van der Waals surface area contributed by atoms with Crippen molar-refractivity contribution >= 4 is 29.5 Å². The SMILES string of the molecule is COC(=O)c1ccc(COc2ccccc2C=NNC(=S)NCC2CCCO2)cc1. The third-order valence-electron chi connectivity index (χ3n) is 4.57. The van der Waals surface area contributed by atoms with Crippen molar-refractivity contribution < 1.29 is 19.0 Å². The van der Waals surface area contributed by atoms with Crippen molar-refractivity contribution in [2.75, 3.05) is 20.3 Å². The molecule has 7 nitrogen and oxygen atoms in total. The summed E-state index contributed by atoms with van der Waals surface area (Å²) in [6, 6.07) is 14.7. The van der Waals surface area contributed by atoms with E-state index in [9.17, 15) is 4.79 Å². The number of hydrazone groups is 1. The zero-order valence-electron chi connectivity index (χ0n) is 16.8. The molecule has 0 aromatic heterocycles. The van der Waals surface area contributed by atoms with E-state index < -0.39 is 0 Å². The molecule has 8 heteroatoms. The van der Waals surface area contributed by atoms with Crippen molar-refractivity contribution in [2.45, 2.75) is 25.6 Å². The maximum Gasteiger partial charge on any atom is 0.337 e. The fourth-order valence-electron chi connectivity index (χ4n) is 2.95. The number of esters is 1. The summed E-state index contributed by atoms with van der Waals surface area (Å²) in [5.74, 6) is 0.332. The van der Waals surface area contributed by atoms with Crippen molar-refractivity contribution in [1.29, 1.82) is 0 Å². The third kappa shape index (κ3) is 6.53. The highest BCUT2D eigenvalue weighted by Crippen LogP contribution is 2.18. The van der Waals surface area contributed by atoms with Gasteiger partial charge < -0.3 is 19.5 Å². The first-order valence-electron chi connectivity index (χ1n) is 9.73. The number of thiocarbonyl (C=S) groups is 1. The first kappa shape index (κ1) is 21.7. The van der Waals surface area contributed by atoms with Crippen molar-refractivity contribution in [3.63, 3.8) is 0 Å². The second-order valence-electron chi connectivity index (χ2n) is 6.73. The standard InChI is InChI=1S/C22H25N3O4S/c1-27-21(26)17-10-8-16(9-11-17)15-29-20-7-3-2-5-18(20)13-24-25-22(30)23-14-19-6-4-12-28-19/h2-3,5,7-11,13,19H,4,6,12,14-15H2,1H3,(H2,23,25,30). The summed E-state index contributed by atoms with van der Waals surface area (Å²) >= 11 is 5.23. The summed E-state index contributed by atoms with van der Waals surface area (Å²) in [5.41, 5.74) is 5.07. The van der Waals surface area contributed by atoms with Gasteiger partial charge in [-0.15, -0.1) is 0 Å². The Kier molecular flexibility index (Phi) is 8.17. The highest BCUT2D eigenvalue weighted by Gasteiger charge is 2.15. The molecule has 0 aliphatic carbocycles. The van der Waals surface area contributed by atoms with Gasteiger partial charge in [0.1, 0.15) is 12.4 Å². The molecule has 0 spiro atoms. The molecule has 1 atom stereocenters. The number of para-hydroxylation sites is 1. The summed E-state index contributed by atoms with van der Waals surface area (Å²) in [6.07, 6.45) is 4.02. The number of rotatable bonds is 8. The van der Waals surface area contributed by atoms with E-state index in [1.165, 1.54) is 7.11 Å². The zero-order chi connectivity index (χ0) is 21.2. The average Bonchev–Trinajstić information content (AvgIpc) is 3.30. The van der Waals surface area contributed by atoms with Crippen LogP contribution in [-0.2, 0) is 16.1 Å². The van der Waals surface area contributed by atoms with Crippen LogP contribution in [0.15, 0.2) is 53.6 Å². The number of carbonyl (C=O) groups excluding carboxylic acids is 1. The van der Waals surface area contributed by atoms with Gasteiger partial charge in [0.25, 0.3) is 0 Å². The Morgan fingerprint density at radius 3 is 2.80 bits per heavy atom. The van der Waals surface area contributed by atoms with Crippen molar-refractivity contribution in [3.8, 4) is 5.75 Å². The third-order valence-corrected chi connectivity index (χ3v) is 4.81.